The van der Waals surface area contributed by atoms with Gasteiger partial charge >= 0.3 is 5.97 Å². The third kappa shape index (κ3) is 3.15. The van der Waals surface area contributed by atoms with Gasteiger partial charge in [-0.15, -0.1) is 0 Å². The highest BCUT2D eigenvalue weighted by molar-refractivity contribution is 5.81. The van der Waals surface area contributed by atoms with Crippen LogP contribution >= 0.6 is 0 Å². The van der Waals surface area contributed by atoms with Gasteiger partial charge in [0.25, 0.3) is 0 Å². The molecule has 2 aromatic rings. The quantitative estimate of drug-likeness (QED) is 0.861. The smallest absolute Gasteiger partial charge is 0.314 e. The zero-order valence-corrected chi connectivity index (χ0v) is 12.7. The van der Waals surface area contributed by atoms with Crippen molar-refractivity contribution in [3.63, 3.8) is 0 Å². The van der Waals surface area contributed by atoms with Gasteiger partial charge < -0.3 is 5.11 Å². The molecule has 2 rings (SSSR count). The third-order valence-electron chi connectivity index (χ3n) is 4.28. The highest BCUT2D eigenvalue weighted by atomic mass is 16.4. The molecule has 0 spiro atoms. The lowest BCUT2D eigenvalue weighted by atomic mass is 9.73. The molecule has 110 valence electrons. The van der Waals surface area contributed by atoms with Crippen molar-refractivity contribution >= 4 is 5.97 Å². The minimum absolute atomic E-state index is 0.521. The van der Waals surface area contributed by atoms with Crippen molar-refractivity contribution in [2.45, 2.75) is 38.5 Å². The first-order chi connectivity index (χ1) is 10.1. The third-order valence-corrected chi connectivity index (χ3v) is 4.28. The number of carboxylic acid groups (broad SMARTS) is 1. The van der Waals surface area contributed by atoms with Gasteiger partial charge in [0.05, 0.1) is 5.41 Å². The van der Waals surface area contributed by atoms with E-state index >= 15 is 0 Å². The summed E-state index contributed by atoms with van der Waals surface area (Å²) in [6.07, 6.45) is 2.09. The number of carboxylic acids is 1. The molecule has 2 aromatic carbocycles. The van der Waals surface area contributed by atoms with E-state index in [1.165, 1.54) is 5.56 Å². The fraction of sp³-hybridized carbons (Fsp3) is 0.316. The molecule has 0 fully saturated rings. The highest BCUT2D eigenvalue weighted by Gasteiger charge is 2.38. The number of carbonyl (C=O) groups is 1. The lowest BCUT2D eigenvalue weighted by molar-refractivity contribution is -0.144. The molecular weight excluding hydrogens is 260 g/mol. The van der Waals surface area contributed by atoms with Crippen molar-refractivity contribution in [1.29, 1.82) is 0 Å². The standard InChI is InChI=1S/C19H22O2/c1-3-15-10-12-16(13-11-15)14-19(4-2,18(20)21)17-8-6-5-7-9-17/h5-13H,3-4,14H2,1-2H3,(H,20,21). The van der Waals surface area contributed by atoms with E-state index in [1.54, 1.807) is 0 Å². The fourth-order valence-corrected chi connectivity index (χ4v) is 2.78. The molecule has 1 atom stereocenters. The van der Waals surface area contributed by atoms with E-state index in [0.717, 1.165) is 17.5 Å². The Hall–Kier alpha value is -2.09. The molecule has 0 bridgehead atoms. The molecule has 2 nitrogen and oxygen atoms in total. The first-order valence-corrected chi connectivity index (χ1v) is 7.49. The molecular formula is C19H22O2. The molecule has 1 unspecified atom stereocenters. The maximum atomic E-state index is 12.0. The normalized spacial score (nSPS) is 13.6. The Labute approximate surface area is 126 Å². The Morgan fingerprint density at radius 1 is 0.952 bits per heavy atom. The summed E-state index contributed by atoms with van der Waals surface area (Å²) in [6.45, 7) is 4.06. The lowest BCUT2D eigenvalue weighted by Gasteiger charge is -2.29. The zero-order valence-electron chi connectivity index (χ0n) is 12.7. The van der Waals surface area contributed by atoms with Gasteiger partial charge in [-0.3, -0.25) is 4.79 Å². The zero-order chi connectivity index (χ0) is 15.3. The van der Waals surface area contributed by atoms with Crippen LogP contribution in [0.5, 0.6) is 0 Å². The summed E-state index contributed by atoms with van der Waals surface area (Å²) in [5.74, 6) is -0.754. The molecule has 2 heteroatoms. The van der Waals surface area contributed by atoms with Crippen LogP contribution in [0.3, 0.4) is 0 Å². The van der Waals surface area contributed by atoms with E-state index < -0.39 is 11.4 Å². The van der Waals surface area contributed by atoms with Crippen LogP contribution in [-0.2, 0) is 23.1 Å². The van der Waals surface area contributed by atoms with E-state index in [1.807, 2.05) is 37.3 Å². The molecule has 0 saturated carbocycles. The fourth-order valence-electron chi connectivity index (χ4n) is 2.78. The van der Waals surface area contributed by atoms with Gasteiger partial charge in [-0.05, 0) is 36.0 Å². The van der Waals surface area contributed by atoms with Crippen LogP contribution in [0.1, 0.15) is 37.0 Å². The van der Waals surface area contributed by atoms with Crippen molar-refractivity contribution in [2.24, 2.45) is 0 Å². The van der Waals surface area contributed by atoms with Crippen molar-refractivity contribution in [3.8, 4) is 0 Å². The van der Waals surface area contributed by atoms with Crippen LogP contribution in [-0.4, -0.2) is 11.1 Å². The van der Waals surface area contributed by atoms with Crippen molar-refractivity contribution in [3.05, 3.63) is 71.3 Å². The number of rotatable bonds is 6. The van der Waals surface area contributed by atoms with E-state index in [4.69, 9.17) is 0 Å². The predicted molar refractivity (Wildman–Crippen MR) is 85.6 cm³/mol. The van der Waals surface area contributed by atoms with E-state index in [0.29, 0.717) is 12.8 Å². The second-order valence-electron chi connectivity index (χ2n) is 5.45. The Bertz CT molecular complexity index is 587. The second-order valence-corrected chi connectivity index (χ2v) is 5.45. The first kappa shape index (κ1) is 15.3. The van der Waals surface area contributed by atoms with Crippen LogP contribution in [0.15, 0.2) is 54.6 Å². The van der Waals surface area contributed by atoms with Crippen molar-refractivity contribution in [2.75, 3.05) is 0 Å². The minimum Gasteiger partial charge on any atom is -0.481 e. The van der Waals surface area contributed by atoms with Gasteiger partial charge in [0.1, 0.15) is 0 Å². The number of aryl methyl sites for hydroxylation is 1. The molecule has 0 heterocycles. The molecule has 21 heavy (non-hydrogen) atoms. The summed E-state index contributed by atoms with van der Waals surface area (Å²) in [7, 11) is 0. The van der Waals surface area contributed by atoms with E-state index in [9.17, 15) is 9.90 Å². The Morgan fingerprint density at radius 3 is 2.00 bits per heavy atom. The SMILES string of the molecule is CCc1ccc(CC(CC)(C(=O)O)c2ccccc2)cc1. The van der Waals surface area contributed by atoms with Crippen molar-refractivity contribution in [1.82, 2.24) is 0 Å². The Morgan fingerprint density at radius 2 is 1.52 bits per heavy atom. The van der Waals surface area contributed by atoms with Gasteiger partial charge in [-0.2, -0.15) is 0 Å². The van der Waals surface area contributed by atoms with E-state index in [-0.39, 0.29) is 0 Å². The van der Waals surface area contributed by atoms with Crippen LogP contribution < -0.4 is 0 Å². The Balaban J connectivity index is 2.38. The number of benzene rings is 2. The topological polar surface area (TPSA) is 37.3 Å². The highest BCUT2D eigenvalue weighted by Crippen LogP contribution is 2.32. The average Bonchev–Trinajstić information content (AvgIpc) is 2.54. The van der Waals surface area contributed by atoms with Gasteiger partial charge in [-0.1, -0.05) is 68.4 Å². The average molecular weight is 282 g/mol. The predicted octanol–water partition coefficient (Wildman–Crippen LogP) is 4.22. The molecule has 0 amide bonds. The first-order valence-electron chi connectivity index (χ1n) is 7.49. The molecule has 0 radical (unpaired) electrons. The number of aliphatic carboxylic acids is 1. The molecule has 1 N–H and O–H groups in total. The number of hydrogen-bond donors (Lipinski definition) is 1. The van der Waals surface area contributed by atoms with Gasteiger partial charge in [-0.25, -0.2) is 0 Å². The van der Waals surface area contributed by atoms with Crippen LogP contribution in [0.2, 0.25) is 0 Å². The molecule has 0 aliphatic rings. The number of hydrogen-bond acceptors (Lipinski definition) is 1. The summed E-state index contributed by atoms with van der Waals surface area (Å²) in [4.78, 5) is 12.0. The molecule has 0 aromatic heterocycles. The van der Waals surface area contributed by atoms with Crippen LogP contribution in [0.4, 0.5) is 0 Å². The Kier molecular flexibility index (Phi) is 4.79. The maximum absolute atomic E-state index is 12.0. The molecule has 0 saturated heterocycles. The second kappa shape index (κ2) is 6.57. The summed E-state index contributed by atoms with van der Waals surface area (Å²) >= 11 is 0. The largest absolute Gasteiger partial charge is 0.481 e. The minimum atomic E-state index is -0.852. The summed E-state index contributed by atoms with van der Waals surface area (Å²) in [6, 6.07) is 17.8. The summed E-state index contributed by atoms with van der Waals surface area (Å²) in [5.41, 5.74) is 2.37. The monoisotopic (exact) mass is 282 g/mol. The maximum Gasteiger partial charge on any atom is 0.314 e. The lowest BCUT2D eigenvalue weighted by Crippen LogP contribution is -2.37. The van der Waals surface area contributed by atoms with Crippen LogP contribution in [0.25, 0.3) is 0 Å². The molecule has 0 aliphatic carbocycles. The van der Waals surface area contributed by atoms with Gasteiger partial charge in [0.2, 0.25) is 0 Å². The summed E-state index contributed by atoms with van der Waals surface area (Å²) < 4.78 is 0. The van der Waals surface area contributed by atoms with Crippen LogP contribution in [0, 0.1) is 0 Å². The molecule has 0 aliphatic heterocycles. The summed E-state index contributed by atoms with van der Waals surface area (Å²) in [5, 5.41) is 9.84. The van der Waals surface area contributed by atoms with Crippen molar-refractivity contribution < 1.29 is 9.90 Å². The van der Waals surface area contributed by atoms with Gasteiger partial charge in [0, 0.05) is 0 Å². The van der Waals surface area contributed by atoms with Gasteiger partial charge in [0.15, 0.2) is 0 Å². The van der Waals surface area contributed by atoms with E-state index in [2.05, 4.69) is 31.2 Å².